The summed E-state index contributed by atoms with van der Waals surface area (Å²) < 4.78 is 31.7. The Hall–Kier alpha value is -3.53. The second-order valence-electron chi connectivity index (χ2n) is 7.33. The van der Waals surface area contributed by atoms with E-state index in [0.717, 1.165) is 43.7 Å². The Morgan fingerprint density at radius 2 is 1.73 bits per heavy atom. The molecule has 1 aliphatic heterocycles. The number of carbonyl (C=O) groups excluding carboxylic acids is 3. The molecule has 178 valence electrons. The normalized spacial score (nSPS) is 13.4. The van der Waals surface area contributed by atoms with Crippen LogP contribution in [0.4, 0.5) is 25.8 Å². The second-order valence-corrected chi connectivity index (χ2v) is 7.33. The van der Waals surface area contributed by atoms with Gasteiger partial charge in [-0.1, -0.05) is 0 Å². The van der Waals surface area contributed by atoms with Crippen molar-refractivity contribution >= 4 is 35.5 Å². The number of nitrogens with zero attached hydrogens (tertiary/aromatic N) is 2. The summed E-state index contributed by atoms with van der Waals surface area (Å²) in [5, 5.41) is 5.32. The van der Waals surface area contributed by atoms with E-state index in [1.165, 1.54) is 19.2 Å². The highest BCUT2D eigenvalue weighted by molar-refractivity contribution is 6.29. The lowest BCUT2D eigenvalue weighted by Crippen LogP contribution is -2.44. The van der Waals surface area contributed by atoms with Crippen molar-refractivity contribution in [2.24, 2.45) is 0 Å². The van der Waals surface area contributed by atoms with Gasteiger partial charge in [-0.3, -0.25) is 9.59 Å². The molecule has 1 fully saturated rings. The lowest BCUT2D eigenvalue weighted by molar-refractivity contribution is -0.127. The standard InChI is InChI=1S/C12H16F2N2O.C11H12N2O3/c1-15-3-5-16(6-4-15)9-7-10(13)12(17-2)11(14)8-9;1-12-10-3-2-9(13-11(16)7-15)6-8(10)4-5-14/h7-8H,3-6H2,1-2H3;2-3,5-7,12H,4H2,1H3,(H,13,16). The molecule has 0 atom stereocenters. The minimum atomic E-state index is -0.714. The number of amides is 1. The average molecular weight is 462 g/mol. The van der Waals surface area contributed by atoms with Crippen LogP contribution in [0.15, 0.2) is 30.3 Å². The summed E-state index contributed by atoms with van der Waals surface area (Å²) in [4.78, 5) is 35.6. The van der Waals surface area contributed by atoms with Crippen molar-refractivity contribution in [3.8, 4) is 5.75 Å². The lowest BCUT2D eigenvalue weighted by atomic mass is 10.1. The van der Waals surface area contributed by atoms with Crippen LogP contribution in [0.2, 0.25) is 0 Å². The predicted octanol–water partition coefficient (Wildman–Crippen LogP) is 2.33. The quantitative estimate of drug-likeness (QED) is 0.482. The number of ether oxygens (including phenoxy) is 1. The summed E-state index contributed by atoms with van der Waals surface area (Å²) in [5.41, 5.74) is 2.65. The van der Waals surface area contributed by atoms with Crippen LogP contribution in [0.5, 0.6) is 5.75 Å². The average Bonchev–Trinajstić information content (AvgIpc) is 2.80. The van der Waals surface area contributed by atoms with Crippen LogP contribution < -0.4 is 20.3 Å². The lowest BCUT2D eigenvalue weighted by Gasteiger charge is -2.34. The van der Waals surface area contributed by atoms with E-state index < -0.39 is 17.5 Å². The molecule has 0 unspecified atom stereocenters. The third-order valence-electron chi connectivity index (χ3n) is 5.11. The van der Waals surface area contributed by atoms with E-state index in [1.54, 1.807) is 25.2 Å². The fourth-order valence-corrected chi connectivity index (χ4v) is 3.33. The van der Waals surface area contributed by atoms with Crippen molar-refractivity contribution in [3.63, 3.8) is 0 Å². The zero-order valence-electron chi connectivity index (χ0n) is 18.9. The highest BCUT2D eigenvalue weighted by atomic mass is 19.1. The molecule has 0 spiro atoms. The zero-order valence-corrected chi connectivity index (χ0v) is 18.9. The van der Waals surface area contributed by atoms with Gasteiger partial charge >= 0.3 is 0 Å². The smallest absolute Gasteiger partial charge is 0.288 e. The number of anilines is 3. The molecule has 3 rings (SSSR count). The first-order chi connectivity index (χ1) is 15.8. The van der Waals surface area contributed by atoms with Crippen molar-refractivity contribution in [2.75, 3.05) is 62.9 Å². The first kappa shape index (κ1) is 25.7. The Morgan fingerprint density at radius 1 is 1.09 bits per heavy atom. The van der Waals surface area contributed by atoms with Gasteiger partial charge in [0.2, 0.25) is 6.29 Å². The van der Waals surface area contributed by atoms with E-state index in [4.69, 9.17) is 0 Å². The van der Waals surface area contributed by atoms with Crippen molar-refractivity contribution in [1.82, 2.24) is 4.90 Å². The van der Waals surface area contributed by atoms with Gasteiger partial charge in [0.1, 0.15) is 6.29 Å². The number of piperazine rings is 1. The molecule has 1 heterocycles. The molecule has 8 nitrogen and oxygen atoms in total. The van der Waals surface area contributed by atoms with E-state index >= 15 is 0 Å². The Bertz CT molecular complexity index is 956. The van der Waals surface area contributed by atoms with Crippen LogP contribution in [0.3, 0.4) is 0 Å². The largest absolute Gasteiger partial charge is 0.491 e. The van der Waals surface area contributed by atoms with Crippen LogP contribution in [-0.2, 0) is 20.8 Å². The fraction of sp³-hybridized carbons (Fsp3) is 0.348. The van der Waals surface area contributed by atoms with Gasteiger partial charge in [-0.25, -0.2) is 8.78 Å². The van der Waals surface area contributed by atoms with Crippen LogP contribution in [-0.4, -0.2) is 70.8 Å². The zero-order chi connectivity index (χ0) is 24.4. The maximum atomic E-state index is 13.5. The van der Waals surface area contributed by atoms with Gasteiger partial charge in [0.05, 0.1) is 7.11 Å². The molecule has 2 aromatic carbocycles. The molecule has 33 heavy (non-hydrogen) atoms. The third-order valence-corrected chi connectivity index (χ3v) is 5.11. The van der Waals surface area contributed by atoms with Crippen LogP contribution in [0.25, 0.3) is 0 Å². The number of halogens is 2. The van der Waals surface area contributed by atoms with Gasteiger partial charge in [-0.05, 0) is 30.8 Å². The predicted molar refractivity (Wildman–Crippen MR) is 123 cm³/mol. The second kappa shape index (κ2) is 12.5. The van der Waals surface area contributed by atoms with Crippen molar-refractivity contribution in [2.45, 2.75) is 6.42 Å². The molecule has 10 heteroatoms. The molecular weight excluding hydrogens is 434 g/mol. The van der Waals surface area contributed by atoms with E-state index in [0.29, 0.717) is 11.4 Å². The highest BCUT2D eigenvalue weighted by Gasteiger charge is 2.18. The van der Waals surface area contributed by atoms with Crippen molar-refractivity contribution in [3.05, 3.63) is 47.5 Å². The monoisotopic (exact) mass is 462 g/mol. The van der Waals surface area contributed by atoms with Gasteiger partial charge < -0.3 is 30.0 Å². The number of hydrogen-bond acceptors (Lipinski definition) is 7. The number of aldehydes is 2. The van der Waals surface area contributed by atoms with Gasteiger partial charge in [0.25, 0.3) is 5.91 Å². The molecule has 0 aromatic heterocycles. The highest BCUT2D eigenvalue weighted by Crippen LogP contribution is 2.28. The Labute approximate surface area is 191 Å². The molecule has 0 bridgehead atoms. The van der Waals surface area contributed by atoms with E-state index in [-0.39, 0.29) is 18.5 Å². The molecule has 0 radical (unpaired) electrons. The first-order valence-electron chi connectivity index (χ1n) is 10.3. The number of likely N-dealkylation sites (N-methyl/N-ethyl adjacent to an activating group) is 1. The number of rotatable bonds is 7. The van der Waals surface area contributed by atoms with Gasteiger partial charge in [-0.15, -0.1) is 0 Å². The summed E-state index contributed by atoms with van der Waals surface area (Å²) >= 11 is 0. The maximum Gasteiger partial charge on any atom is 0.288 e. The third kappa shape index (κ3) is 7.25. The number of methoxy groups -OCH3 is 1. The van der Waals surface area contributed by atoms with E-state index in [2.05, 4.69) is 20.3 Å². The Morgan fingerprint density at radius 3 is 2.24 bits per heavy atom. The molecule has 0 aliphatic carbocycles. The summed E-state index contributed by atoms with van der Waals surface area (Å²) in [6, 6.07) is 7.70. The van der Waals surface area contributed by atoms with Gasteiger partial charge in [0, 0.05) is 68.8 Å². The summed E-state index contributed by atoms with van der Waals surface area (Å²) in [6.07, 6.45) is 1.23. The number of hydrogen-bond donors (Lipinski definition) is 2. The molecule has 1 saturated heterocycles. The minimum absolute atomic E-state index is 0.200. The maximum absolute atomic E-state index is 13.5. The number of carbonyl (C=O) groups is 3. The fourth-order valence-electron chi connectivity index (χ4n) is 3.33. The molecule has 0 saturated carbocycles. The number of benzene rings is 2. The van der Waals surface area contributed by atoms with Crippen molar-refractivity contribution in [1.29, 1.82) is 0 Å². The summed E-state index contributed by atoms with van der Waals surface area (Å²) in [6.45, 7) is 3.36. The summed E-state index contributed by atoms with van der Waals surface area (Å²) in [5.74, 6) is -2.33. The first-order valence-corrected chi connectivity index (χ1v) is 10.3. The van der Waals surface area contributed by atoms with E-state index in [1.807, 2.05) is 11.9 Å². The van der Waals surface area contributed by atoms with Gasteiger partial charge in [-0.2, -0.15) is 0 Å². The molecular formula is C23H28F2N4O4. The molecule has 2 N–H and O–H groups in total. The van der Waals surface area contributed by atoms with E-state index in [9.17, 15) is 23.2 Å². The molecule has 1 aliphatic rings. The Balaban J connectivity index is 0.000000234. The summed E-state index contributed by atoms with van der Waals surface area (Å²) in [7, 11) is 5.04. The number of nitrogens with one attached hydrogen (secondary N) is 2. The SMILES string of the molecule is CNc1ccc(NC(=O)C=O)cc1CC=O.COc1c(F)cc(N2CCN(C)CC2)cc1F. The van der Waals surface area contributed by atoms with Crippen LogP contribution in [0, 0.1) is 11.6 Å². The molecule has 1 amide bonds. The topological polar surface area (TPSA) is 91.0 Å². The Kier molecular flexibility index (Phi) is 9.74. The minimum Gasteiger partial charge on any atom is -0.491 e. The van der Waals surface area contributed by atoms with Crippen LogP contribution in [0.1, 0.15) is 5.56 Å². The molecule has 2 aromatic rings. The van der Waals surface area contributed by atoms with Gasteiger partial charge in [0.15, 0.2) is 17.4 Å². The van der Waals surface area contributed by atoms with Crippen molar-refractivity contribution < 1.29 is 27.9 Å². The van der Waals surface area contributed by atoms with Crippen LogP contribution >= 0.6 is 0 Å².